The number of nitrogens with one attached hydrogen (secondary N) is 1. The molecule has 0 radical (unpaired) electrons. The van der Waals surface area contributed by atoms with Crippen LogP contribution >= 0.6 is 0 Å². The molecule has 2 heterocycles. The molecule has 116 valence electrons. The number of hydrogen-bond donors (Lipinski definition) is 1. The lowest BCUT2D eigenvalue weighted by Gasteiger charge is -2.23. The molecule has 0 bridgehead atoms. The van der Waals surface area contributed by atoms with Crippen molar-refractivity contribution in [2.24, 2.45) is 22.9 Å². The minimum absolute atomic E-state index is 0.0845. The van der Waals surface area contributed by atoms with Crippen LogP contribution in [0.15, 0.2) is 39.9 Å². The summed E-state index contributed by atoms with van der Waals surface area (Å²) in [6.07, 6.45) is 3.75. The first-order valence-corrected chi connectivity index (χ1v) is 8.21. The summed E-state index contributed by atoms with van der Waals surface area (Å²) in [7, 11) is 0. The molecular weight excluding hydrogens is 290 g/mol. The predicted octanol–water partition coefficient (Wildman–Crippen LogP) is 2.57. The maximum atomic E-state index is 11.6. The molecule has 2 aliphatic carbocycles. The number of amides is 1. The summed E-state index contributed by atoms with van der Waals surface area (Å²) >= 11 is 0. The van der Waals surface area contributed by atoms with Gasteiger partial charge >= 0.3 is 0 Å². The smallest absolute Gasteiger partial charge is 0.243 e. The van der Waals surface area contributed by atoms with Crippen molar-refractivity contribution in [1.82, 2.24) is 10.4 Å². The van der Waals surface area contributed by atoms with Gasteiger partial charge in [-0.1, -0.05) is 18.2 Å². The van der Waals surface area contributed by atoms with Crippen molar-refractivity contribution in [3.8, 4) is 11.5 Å². The number of aryl methyl sites for hydroxylation is 1. The summed E-state index contributed by atoms with van der Waals surface area (Å²) in [6, 6.07) is 10.0. The lowest BCUT2D eigenvalue weighted by atomic mass is 9.84. The number of hydrazone groups is 1. The highest BCUT2D eigenvalue weighted by Crippen LogP contribution is 2.45. The van der Waals surface area contributed by atoms with Crippen molar-refractivity contribution in [1.29, 1.82) is 0 Å². The third kappa shape index (κ3) is 2.11. The van der Waals surface area contributed by atoms with Gasteiger partial charge in [-0.2, -0.15) is 5.10 Å². The summed E-state index contributed by atoms with van der Waals surface area (Å²) < 4.78 is 6.03. The first kappa shape index (κ1) is 13.0. The summed E-state index contributed by atoms with van der Waals surface area (Å²) in [6.45, 7) is 0. The lowest BCUT2D eigenvalue weighted by molar-refractivity contribution is -0.122. The SMILES string of the molecule is O=C1NN=C([C@@H]2CCc3nc(-c4ccccc4)oc3C2)[C@@H]2C[C@H]12. The largest absolute Gasteiger partial charge is 0.441 e. The summed E-state index contributed by atoms with van der Waals surface area (Å²) in [5.74, 6) is 2.68. The zero-order valence-corrected chi connectivity index (χ0v) is 12.7. The fourth-order valence-electron chi connectivity index (χ4n) is 3.82. The van der Waals surface area contributed by atoms with Gasteiger partial charge in [-0.15, -0.1) is 0 Å². The highest BCUT2D eigenvalue weighted by Gasteiger charge is 2.51. The molecule has 1 fully saturated rings. The molecular formula is C18H17N3O2. The molecule has 1 N–H and O–H groups in total. The Morgan fingerprint density at radius 2 is 2.04 bits per heavy atom. The molecule has 2 aromatic rings. The second kappa shape index (κ2) is 4.78. The molecule has 0 saturated heterocycles. The van der Waals surface area contributed by atoms with E-state index in [1.165, 1.54) is 0 Å². The number of benzene rings is 1. The van der Waals surface area contributed by atoms with Crippen molar-refractivity contribution < 1.29 is 9.21 Å². The zero-order valence-electron chi connectivity index (χ0n) is 12.7. The van der Waals surface area contributed by atoms with Gasteiger partial charge in [0, 0.05) is 35.4 Å². The molecule has 1 aliphatic heterocycles. The van der Waals surface area contributed by atoms with E-state index in [1.807, 2.05) is 30.3 Å². The van der Waals surface area contributed by atoms with E-state index < -0.39 is 0 Å². The van der Waals surface area contributed by atoms with E-state index in [2.05, 4.69) is 15.5 Å². The summed E-state index contributed by atoms with van der Waals surface area (Å²) in [5.41, 5.74) is 5.94. The van der Waals surface area contributed by atoms with E-state index >= 15 is 0 Å². The average molecular weight is 307 g/mol. The van der Waals surface area contributed by atoms with Gasteiger partial charge in [0.25, 0.3) is 0 Å². The van der Waals surface area contributed by atoms with Crippen LogP contribution in [0.1, 0.15) is 24.3 Å². The van der Waals surface area contributed by atoms with Crippen LogP contribution in [0.5, 0.6) is 0 Å². The number of hydrogen-bond acceptors (Lipinski definition) is 4. The fraction of sp³-hybridized carbons (Fsp3) is 0.389. The van der Waals surface area contributed by atoms with E-state index in [0.717, 1.165) is 48.4 Å². The second-order valence-electron chi connectivity index (χ2n) is 6.66. The maximum absolute atomic E-state index is 11.6. The number of rotatable bonds is 2. The molecule has 5 nitrogen and oxygen atoms in total. The molecule has 3 atom stereocenters. The topological polar surface area (TPSA) is 67.5 Å². The van der Waals surface area contributed by atoms with Gasteiger partial charge in [0.15, 0.2) is 0 Å². The van der Waals surface area contributed by atoms with Gasteiger partial charge in [-0.3, -0.25) is 4.79 Å². The Labute approximate surface area is 133 Å². The Morgan fingerprint density at radius 3 is 2.91 bits per heavy atom. The van der Waals surface area contributed by atoms with Gasteiger partial charge in [0.05, 0.1) is 5.69 Å². The van der Waals surface area contributed by atoms with Crippen molar-refractivity contribution in [2.45, 2.75) is 25.7 Å². The summed E-state index contributed by atoms with van der Waals surface area (Å²) in [4.78, 5) is 16.2. The van der Waals surface area contributed by atoms with Crippen LogP contribution in [0.3, 0.4) is 0 Å². The van der Waals surface area contributed by atoms with Gasteiger partial charge in [-0.25, -0.2) is 10.4 Å². The van der Waals surface area contributed by atoms with Gasteiger partial charge in [0.2, 0.25) is 11.8 Å². The molecule has 23 heavy (non-hydrogen) atoms. The molecule has 3 aliphatic rings. The van der Waals surface area contributed by atoms with E-state index in [0.29, 0.717) is 17.7 Å². The Morgan fingerprint density at radius 1 is 1.17 bits per heavy atom. The highest BCUT2D eigenvalue weighted by molar-refractivity contribution is 6.01. The maximum Gasteiger partial charge on any atom is 0.243 e. The van der Waals surface area contributed by atoms with Gasteiger partial charge < -0.3 is 4.42 Å². The average Bonchev–Trinajstić information content (AvgIpc) is 3.28. The Bertz CT molecular complexity index is 809. The Hall–Kier alpha value is -2.43. The first-order chi connectivity index (χ1) is 11.3. The zero-order chi connectivity index (χ0) is 15.4. The fourth-order valence-corrected chi connectivity index (χ4v) is 3.82. The minimum atomic E-state index is 0.0845. The number of fused-ring (bicyclic) bond motifs is 2. The van der Waals surface area contributed by atoms with E-state index in [9.17, 15) is 4.79 Å². The van der Waals surface area contributed by atoms with Crippen molar-refractivity contribution in [3.05, 3.63) is 41.8 Å². The first-order valence-electron chi connectivity index (χ1n) is 8.21. The molecule has 1 amide bonds. The van der Waals surface area contributed by atoms with Crippen LogP contribution in [0.25, 0.3) is 11.5 Å². The van der Waals surface area contributed by atoms with Crippen molar-refractivity contribution >= 4 is 11.6 Å². The van der Waals surface area contributed by atoms with Crippen LogP contribution in [-0.2, 0) is 17.6 Å². The van der Waals surface area contributed by atoms with Crippen LogP contribution in [0.4, 0.5) is 0 Å². The predicted molar refractivity (Wildman–Crippen MR) is 84.6 cm³/mol. The molecule has 5 rings (SSSR count). The van der Waals surface area contributed by atoms with Crippen LogP contribution in [0, 0.1) is 17.8 Å². The molecule has 1 aromatic heterocycles. The Balaban J connectivity index is 1.41. The van der Waals surface area contributed by atoms with Crippen LogP contribution < -0.4 is 5.43 Å². The van der Waals surface area contributed by atoms with Crippen molar-refractivity contribution in [2.75, 3.05) is 0 Å². The molecule has 0 spiro atoms. The number of nitrogens with zero attached hydrogens (tertiary/aromatic N) is 2. The van der Waals surface area contributed by atoms with Crippen LogP contribution in [-0.4, -0.2) is 16.6 Å². The normalized spacial score (nSPS) is 28.4. The number of oxazole rings is 1. The second-order valence-corrected chi connectivity index (χ2v) is 6.66. The summed E-state index contributed by atoms with van der Waals surface area (Å²) in [5, 5.41) is 4.35. The standard InChI is InChI=1S/C18H17N3O2/c22-17-13-9-12(13)16(20-21-17)11-6-7-14-15(8-11)23-18(19-14)10-4-2-1-3-5-10/h1-5,11-13H,6-9H2,(H,21,22)/t11-,12-,13+/m1/s1. The lowest BCUT2D eigenvalue weighted by Crippen LogP contribution is -2.34. The highest BCUT2D eigenvalue weighted by atomic mass is 16.4. The number of carbonyl (C=O) groups excluding carboxylic acids is 1. The monoisotopic (exact) mass is 307 g/mol. The molecule has 5 heteroatoms. The third-order valence-corrected chi connectivity index (χ3v) is 5.18. The molecule has 1 saturated carbocycles. The van der Waals surface area contributed by atoms with Crippen molar-refractivity contribution in [3.63, 3.8) is 0 Å². The quantitative estimate of drug-likeness (QED) is 0.927. The molecule has 0 unspecified atom stereocenters. The van der Waals surface area contributed by atoms with E-state index in [1.54, 1.807) is 0 Å². The van der Waals surface area contributed by atoms with E-state index in [-0.39, 0.29) is 11.8 Å². The minimum Gasteiger partial charge on any atom is -0.441 e. The van der Waals surface area contributed by atoms with E-state index in [4.69, 9.17) is 4.42 Å². The number of carbonyl (C=O) groups is 1. The Kier molecular flexibility index (Phi) is 2.71. The van der Waals surface area contributed by atoms with Gasteiger partial charge in [-0.05, 0) is 31.4 Å². The third-order valence-electron chi connectivity index (χ3n) is 5.18. The van der Waals surface area contributed by atoms with Crippen LogP contribution in [0.2, 0.25) is 0 Å². The van der Waals surface area contributed by atoms with Gasteiger partial charge in [0.1, 0.15) is 5.76 Å². The number of aromatic nitrogens is 1. The molecule has 1 aromatic carbocycles.